The number of thiophene rings is 1. The Morgan fingerprint density at radius 3 is 2.70 bits per heavy atom. The first-order valence-corrected chi connectivity index (χ1v) is 8.13. The van der Waals surface area contributed by atoms with E-state index in [2.05, 4.69) is 38.8 Å². The standard InChI is InChI=1S/C15H18BrNO2S/c1-3-19-14-5-4-11(6-15(14)18-2)8-17-9-13-7-12(16)10-20-13/h4-7,10,17H,3,8-9H2,1-2H3. The van der Waals surface area contributed by atoms with E-state index in [1.165, 1.54) is 10.4 Å². The van der Waals surface area contributed by atoms with Crippen LogP contribution in [-0.2, 0) is 13.1 Å². The van der Waals surface area contributed by atoms with Gasteiger partial charge in [-0.15, -0.1) is 11.3 Å². The number of halogens is 1. The first kappa shape index (κ1) is 15.4. The summed E-state index contributed by atoms with van der Waals surface area (Å²) < 4.78 is 12.0. The van der Waals surface area contributed by atoms with E-state index in [-0.39, 0.29) is 0 Å². The van der Waals surface area contributed by atoms with Crippen LogP contribution in [0, 0.1) is 0 Å². The van der Waals surface area contributed by atoms with Crippen molar-refractivity contribution in [3.63, 3.8) is 0 Å². The van der Waals surface area contributed by atoms with Crippen molar-refractivity contribution in [2.75, 3.05) is 13.7 Å². The third-order valence-corrected chi connectivity index (χ3v) is 4.48. The molecule has 2 aromatic rings. The monoisotopic (exact) mass is 355 g/mol. The van der Waals surface area contributed by atoms with Gasteiger partial charge in [0.2, 0.25) is 0 Å². The van der Waals surface area contributed by atoms with Crippen LogP contribution < -0.4 is 14.8 Å². The zero-order chi connectivity index (χ0) is 14.4. The Balaban J connectivity index is 1.92. The molecule has 0 bridgehead atoms. The van der Waals surface area contributed by atoms with Crippen molar-refractivity contribution in [2.24, 2.45) is 0 Å². The molecule has 0 saturated carbocycles. The minimum atomic E-state index is 0.640. The summed E-state index contributed by atoms with van der Waals surface area (Å²) >= 11 is 5.21. The molecule has 0 atom stereocenters. The Labute approximate surface area is 132 Å². The number of benzene rings is 1. The Bertz CT molecular complexity index is 557. The lowest BCUT2D eigenvalue weighted by Crippen LogP contribution is -2.11. The first-order chi connectivity index (χ1) is 9.72. The van der Waals surface area contributed by atoms with Crippen LogP contribution in [0.3, 0.4) is 0 Å². The maximum absolute atomic E-state index is 5.51. The van der Waals surface area contributed by atoms with E-state index >= 15 is 0 Å². The van der Waals surface area contributed by atoms with Gasteiger partial charge in [0.05, 0.1) is 13.7 Å². The summed E-state index contributed by atoms with van der Waals surface area (Å²) in [4.78, 5) is 1.31. The maximum atomic E-state index is 5.51. The maximum Gasteiger partial charge on any atom is 0.161 e. The van der Waals surface area contributed by atoms with E-state index in [0.29, 0.717) is 6.61 Å². The van der Waals surface area contributed by atoms with E-state index in [0.717, 1.165) is 29.1 Å². The zero-order valence-corrected chi connectivity index (χ0v) is 14.0. The third-order valence-electron chi connectivity index (χ3n) is 2.78. The van der Waals surface area contributed by atoms with E-state index < -0.39 is 0 Å². The average molecular weight is 356 g/mol. The summed E-state index contributed by atoms with van der Waals surface area (Å²) in [6.45, 7) is 4.28. The summed E-state index contributed by atoms with van der Waals surface area (Å²) in [6, 6.07) is 8.17. The molecule has 0 spiro atoms. The van der Waals surface area contributed by atoms with Crippen molar-refractivity contribution in [1.29, 1.82) is 0 Å². The van der Waals surface area contributed by atoms with Crippen LogP contribution in [0.25, 0.3) is 0 Å². The lowest BCUT2D eigenvalue weighted by molar-refractivity contribution is 0.310. The number of hydrogen-bond acceptors (Lipinski definition) is 4. The molecule has 0 aliphatic heterocycles. The lowest BCUT2D eigenvalue weighted by atomic mass is 10.2. The van der Waals surface area contributed by atoms with Crippen molar-refractivity contribution in [1.82, 2.24) is 5.32 Å². The predicted molar refractivity (Wildman–Crippen MR) is 86.7 cm³/mol. The van der Waals surface area contributed by atoms with Crippen LogP contribution in [0.15, 0.2) is 34.1 Å². The van der Waals surface area contributed by atoms with E-state index in [1.807, 2.05) is 19.1 Å². The number of rotatable bonds is 7. The fourth-order valence-electron chi connectivity index (χ4n) is 1.87. The van der Waals surface area contributed by atoms with E-state index in [4.69, 9.17) is 9.47 Å². The van der Waals surface area contributed by atoms with Crippen LogP contribution >= 0.6 is 27.3 Å². The molecule has 0 radical (unpaired) electrons. The highest BCUT2D eigenvalue weighted by atomic mass is 79.9. The van der Waals surface area contributed by atoms with Crippen LogP contribution in [0.4, 0.5) is 0 Å². The molecular weight excluding hydrogens is 338 g/mol. The number of hydrogen-bond donors (Lipinski definition) is 1. The Kier molecular flexibility index (Phi) is 5.88. The van der Waals surface area contributed by atoms with Crippen LogP contribution in [0.2, 0.25) is 0 Å². The SMILES string of the molecule is CCOc1ccc(CNCc2cc(Br)cs2)cc1OC. The quantitative estimate of drug-likeness (QED) is 0.806. The van der Waals surface area contributed by atoms with Gasteiger partial charge in [-0.2, -0.15) is 0 Å². The molecule has 1 aromatic carbocycles. The minimum Gasteiger partial charge on any atom is -0.493 e. The topological polar surface area (TPSA) is 30.5 Å². The lowest BCUT2D eigenvalue weighted by Gasteiger charge is -2.11. The van der Waals surface area contributed by atoms with Gasteiger partial charge in [0.15, 0.2) is 11.5 Å². The van der Waals surface area contributed by atoms with Crippen molar-refractivity contribution >= 4 is 27.3 Å². The molecule has 0 fully saturated rings. The van der Waals surface area contributed by atoms with Gasteiger partial charge >= 0.3 is 0 Å². The molecule has 0 saturated heterocycles. The van der Waals surface area contributed by atoms with Gasteiger partial charge in [0, 0.05) is 27.8 Å². The van der Waals surface area contributed by atoms with Gasteiger partial charge in [0.25, 0.3) is 0 Å². The number of ether oxygens (including phenoxy) is 2. The molecule has 3 nitrogen and oxygen atoms in total. The van der Waals surface area contributed by atoms with Crippen LogP contribution in [0.5, 0.6) is 11.5 Å². The third kappa shape index (κ3) is 4.23. The predicted octanol–water partition coefficient (Wildman–Crippen LogP) is 4.21. The fraction of sp³-hybridized carbons (Fsp3) is 0.333. The molecule has 0 aliphatic rings. The highest BCUT2D eigenvalue weighted by molar-refractivity contribution is 9.10. The highest BCUT2D eigenvalue weighted by Gasteiger charge is 2.05. The van der Waals surface area contributed by atoms with Crippen molar-refractivity contribution in [3.05, 3.63) is 44.6 Å². The Hall–Kier alpha value is -1.04. The van der Waals surface area contributed by atoms with E-state index in [1.54, 1.807) is 18.4 Å². The zero-order valence-electron chi connectivity index (χ0n) is 11.6. The number of methoxy groups -OCH3 is 1. The molecule has 108 valence electrons. The second-order valence-electron chi connectivity index (χ2n) is 4.25. The highest BCUT2D eigenvalue weighted by Crippen LogP contribution is 2.28. The average Bonchev–Trinajstić information content (AvgIpc) is 2.86. The Morgan fingerprint density at radius 1 is 1.20 bits per heavy atom. The molecule has 0 aliphatic carbocycles. The van der Waals surface area contributed by atoms with Gasteiger partial charge in [-0.25, -0.2) is 0 Å². The summed E-state index contributed by atoms with van der Waals surface area (Å²) in [5, 5.41) is 5.52. The molecular formula is C15H18BrNO2S. The van der Waals surface area contributed by atoms with Crippen LogP contribution in [0.1, 0.15) is 17.4 Å². The van der Waals surface area contributed by atoms with Crippen molar-refractivity contribution < 1.29 is 9.47 Å². The molecule has 0 unspecified atom stereocenters. The summed E-state index contributed by atoms with van der Waals surface area (Å²) in [5.74, 6) is 1.57. The minimum absolute atomic E-state index is 0.640. The molecule has 1 N–H and O–H groups in total. The molecule has 1 aromatic heterocycles. The summed E-state index contributed by atoms with van der Waals surface area (Å²) in [6.07, 6.45) is 0. The second-order valence-corrected chi connectivity index (χ2v) is 6.16. The largest absolute Gasteiger partial charge is 0.493 e. The molecule has 5 heteroatoms. The molecule has 2 rings (SSSR count). The molecule has 1 heterocycles. The first-order valence-electron chi connectivity index (χ1n) is 6.46. The Morgan fingerprint density at radius 2 is 2.05 bits per heavy atom. The van der Waals surface area contributed by atoms with Gasteiger partial charge in [-0.1, -0.05) is 6.07 Å². The summed E-state index contributed by atoms with van der Waals surface area (Å²) in [5.41, 5.74) is 1.18. The van der Waals surface area contributed by atoms with Crippen molar-refractivity contribution in [2.45, 2.75) is 20.0 Å². The van der Waals surface area contributed by atoms with Crippen LogP contribution in [-0.4, -0.2) is 13.7 Å². The molecule has 0 amide bonds. The smallest absolute Gasteiger partial charge is 0.161 e. The normalized spacial score (nSPS) is 10.6. The fourth-order valence-corrected chi connectivity index (χ4v) is 3.29. The second kappa shape index (κ2) is 7.67. The van der Waals surface area contributed by atoms with Gasteiger partial charge in [-0.3, -0.25) is 0 Å². The molecule has 20 heavy (non-hydrogen) atoms. The van der Waals surface area contributed by atoms with E-state index in [9.17, 15) is 0 Å². The van der Waals surface area contributed by atoms with Crippen molar-refractivity contribution in [3.8, 4) is 11.5 Å². The van der Waals surface area contributed by atoms with Gasteiger partial charge < -0.3 is 14.8 Å². The summed E-state index contributed by atoms with van der Waals surface area (Å²) in [7, 11) is 1.66. The number of nitrogens with one attached hydrogen (secondary N) is 1. The van der Waals surface area contributed by atoms with Gasteiger partial charge in [-0.05, 0) is 46.6 Å². The van der Waals surface area contributed by atoms with Gasteiger partial charge in [0.1, 0.15) is 0 Å².